The Bertz CT molecular complexity index is 1190. The molecule has 4 amide bonds. The van der Waals surface area contributed by atoms with E-state index < -0.39 is 0 Å². The van der Waals surface area contributed by atoms with Crippen molar-refractivity contribution in [3.63, 3.8) is 0 Å². The third-order valence-electron chi connectivity index (χ3n) is 11.5. The van der Waals surface area contributed by atoms with E-state index in [1.807, 2.05) is 19.6 Å². The van der Waals surface area contributed by atoms with Gasteiger partial charge in [-0.1, -0.05) is 81.7 Å². The van der Waals surface area contributed by atoms with Gasteiger partial charge in [0.1, 0.15) is 0 Å². The lowest BCUT2D eigenvalue weighted by Gasteiger charge is -2.32. The van der Waals surface area contributed by atoms with Gasteiger partial charge in [0.25, 0.3) is 0 Å². The van der Waals surface area contributed by atoms with Gasteiger partial charge >= 0.3 is 0 Å². The fourth-order valence-corrected chi connectivity index (χ4v) is 8.94. The van der Waals surface area contributed by atoms with E-state index in [-0.39, 0.29) is 29.7 Å². The van der Waals surface area contributed by atoms with Crippen LogP contribution in [0.4, 0.5) is 0 Å². The van der Waals surface area contributed by atoms with Crippen LogP contribution in [0, 0.1) is 47.3 Å². The summed E-state index contributed by atoms with van der Waals surface area (Å²) in [6.45, 7) is 39.0. The summed E-state index contributed by atoms with van der Waals surface area (Å²) in [5.41, 5.74) is 0. The molecule has 0 aromatic carbocycles. The van der Waals surface area contributed by atoms with E-state index >= 15 is 0 Å². The standard InChI is InChI=1S/C12H21NO2.3C12H21NO/c1-5-12(14)13-7-10(6-9(2)3)11(8-13)15-4;1-4-12(14)13-7-5-11(6-8-13)9-10(2)3;2*1-4-12(14)13-7-5-6-11(9-13)8-10(2)3/h5,9-11H,1,6-8H2,2-4H3;3*4,10-11H,1,5-9H2,2-3H3/t10-,11-;;2*11-/m0.10/s1. The minimum absolute atomic E-state index is 0.0170. The molecule has 57 heavy (non-hydrogen) atoms. The number of amides is 4. The number of hydrogen-bond acceptors (Lipinski definition) is 5. The highest BCUT2D eigenvalue weighted by Crippen LogP contribution is 2.27. The smallest absolute Gasteiger partial charge is 0.246 e. The highest BCUT2D eigenvalue weighted by atomic mass is 16.5. The van der Waals surface area contributed by atoms with Gasteiger partial charge in [0, 0.05) is 65.4 Å². The van der Waals surface area contributed by atoms with Crippen molar-refractivity contribution in [3.8, 4) is 0 Å². The van der Waals surface area contributed by atoms with Crippen LogP contribution in [-0.4, -0.2) is 109 Å². The molecule has 9 heteroatoms. The van der Waals surface area contributed by atoms with E-state index in [0.29, 0.717) is 30.2 Å². The van der Waals surface area contributed by atoms with Gasteiger partial charge in [-0.05, 0) is 130 Å². The van der Waals surface area contributed by atoms with Crippen LogP contribution in [0.5, 0.6) is 0 Å². The first kappa shape index (κ1) is 51.8. The first-order chi connectivity index (χ1) is 27.0. The average molecular weight is 797 g/mol. The van der Waals surface area contributed by atoms with Crippen LogP contribution in [0.15, 0.2) is 50.6 Å². The fourth-order valence-electron chi connectivity index (χ4n) is 8.94. The van der Waals surface area contributed by atoms with Crippen LogP contribution in [0.25, 0.3) is 0 Å². The number of carbonyl (C=O) groups is 4. The Morgan fingerprint density at radius 1 is 0.491 bits per heavy atom. The monoisotopic (exact) mass is 797 g/mol. The van der Waals surface area contributed by atoms with E-state index in [1.165, 1.54) is 56.4 Å². The molecular weight excluding hydrogens is 713 g/mol. The minimum atomic E-state index is 0.0170. The molecule has 0 bridgehead atoms. The summed E-state index contributed by atoms with van der Waals surface area (Å²) in [6, 6.07) is 0. The van der Waals surface area contributed by atoms with Crippen molar-refractivity contribution in [2.75, 3.05) is 59.5 Å². The van der Waals surface area contributed by atoms with E-state index in [0.717, 1.165) is 102 Å². The molecule has 0 spiro atoms. The molecular formula is C48H84N4O5. The highest BCUT2D eigenvalue weighted by Gasteiger charge is 2.34. The second kappa shape index (κ2) is 28.3. The number of rotatable bonds is 13. The Labute approximate surface area is 349 Å². The summed E-state index contributed by atoms with van der Waals surface area (Å²) in [6.07, 6.45) is 17.9. The Morgan fingerprint density at radius 2 is 0.860 bits per heavy atom. The van der Waals surface area contributed by atoms with Gasteiger partial charge in [-0.25, -0.2) is 0 Å². The van der Waals surface area contributed by atoms with Crippen molar-refractivity contribution in [1.82, 2.24) is 19.6 Å². The van der Waals surface area contributed by atoms with Crippen molar-refractivity contribution in [2.45, 2.75) is 126 Å². The number of methoxy groups -OCH3 is 1. The lowest BCUT2D eigenvalue weighted by Crippen LogP contribution is -2.39. The molecule has 0 saturated carbocycles. The quantitative estimate of drug-likeness (QED) is 0.174. The van der Waals surface area contributed by atoms with Crippen LogP contribution in [-0.2, 0) is 23.9 Å². The predicted octanol–water partition coefficient (Wildman–Crippen LogP) is 9.06. The molecule has 0 aliphatic carbocycles. The maximum Gasteiger partial charge on any atom is 0.246 e. The Morgan fingerprint density at radius 3 is 1.23 bits per heavy atom. The molecule has 9 nitrogen and oxygen atoms in total. The number of ether oxygens (including phenoxy) is 1. The summed E-state index contributed by atoms with van der Waals surface area (Å²) < 4.78 is 5.42. The molecule has 4 aliphatic heterocycles. The van der Waals surface area contributed by atoms with E-state index in [4.69, 9.17) is 4.74 Å². The number of nitrogens with zero attached hydrogens (tertiary/aromatic N) is 4. The lowest BCUT2D eigenvalue weighted by molar-refractivity contribution is -0.128. The Hall–Kier alpha value is -3.20. The van der Waals surface area contributed by atoms with E-state index in [1.54, 1.807) is 7.11 Å². The molecule has 0 unspecified atom stereocenters. The molecule has 4 atom stereocenters. The maximum atomic E-state index is 11.5. The van der Waals surface area contributed by atoms with Gasteiger partial charge in [-0.2, -0.15) is 0 Å². The molecule has 4 fully saturated rings. The zero-order valence-electron chi connectivity index (χ0n) is 37.9. The average Bonchev–Trinajstić information content (AvgIpc) is 3.59. The fraction of sp³-hybridized carbons (Fsp3) is 0.750. The second-order valence-electron chi connectivity index (χ2n) is 18.5. The van der Waals surface area contributed by atoms with Gasteiger partial charge in [-0.15, -0.1) is 0 Å². The summed E-state index contributed by atoms with van der Waals surface area (Å²) in [5.74, 6) is 5.89. The maximum absolute atomic E-state index is 11.5. The molecule has 4 rings (SSSR count). The molecule has 326 valence electrons. The van der Waals surface area contributed by atoms with Crippen molar-refractivity contribution in [2.24, 2.45) is 47.3 Å². The van der Waals surface area contributed by atoms with Gasteiger partial charge in [0.15, 0.2) is 0 Å². The topological polar surface area (TPSA) is 90.5 Å². The van der Waals surface area contributed by atoms with Gasteiger partial charge in [0.2, 0.25) is 23.6 Å². The van der Waals surface area contributed by atoms with E-state index in [9.17, 15) is 19.2 Å². The van der Waals surface area contributed by atoms with E-state index in [2.05, 4.69) is 81.7 Å². The van der Waals surface area contributed by atoms with Crippen LogP contribution in [0.1, 0.15) is 120 Å². The summed E-state index contributed by atoms with van der Waals surface area (Å²) >= 11 is 0. The largest absolute Gasteiger partial charge is 0.379 e. The summed E-state index contributed by atoms with van der Waals surface area (Å²) in [7, 11) is 1.72. The van der Waals surface area contributed by atoms with Crippen molar-refractivity contribution in [1.29, 1.82) is 0 Å². The SMILES string of the molecule is C=CC(=O)N1CCC(CC(C)C)CC1.C=CC(=O)N1CCC[C@@H](CC(C)C)C1.C=CC(=O)N1CCC[C@H](CC(C)C)C1.C=CC(=O)N1C[C@H](CC(C)C)[C@@H](OC)C1. The van der Waals surface area contributed by atoms with Crippen molar-refractivity contribution in [3.05, 3.63) is 50.6 Å². The predicted molar refractivity (Wildman–Crippen MR) is 237 cm³/mol. The van der Waals surface area contributed by atoms with Crippen molar-refractivity contribution < 1.29 is 23.9 Å². The first-order valence-electron chi connectivity index (χ1n) is 22.2. The second-order valence-corrected chi connectivity index (χ2v) is 18.5. The van der Waals surface area contributed by atoms with Crippen molar-refractivity contribution >= 4 is 23.6 Å². The normalized spacial score (nSPS) is 22.5. The minimum Gasteiger partial charge on any atom is -0.379 e. The van der Waals surface area contributed by atoms with Crippen LogP contribution < -0.4 is 0 Å². The highest BCUT2D eigenvalue weighted by molar-refractivity contribution is 5.88. The number of carbonyl (C=O) groups excluding carboxylic acids is 4. The summed E-state index contributed by atoms with van der Waals surface area (Å²) in [4.78, 5) is 53.2. The molecule has 0 radical (unpaired) electrons. The van der Waals surface area contributed by atoms with Gasteiger partial charge < -0.3 is 24.3 Å². The molecule has 4 heterocycles. The third kappa shape index (κ3) is 20.9. The zero-order valence-corrected chi connectivity index (χ0v) is 37.9. The molecule has 0 aromatic rings. The lowest BCUT2D eigenvalue weighted by atomic mass is 9.88. The van der Waals surface area contributed by atoms with Gasteiger partial charge in [-0.3, -0.25) is 19.2 Å². The Kier molecular flexibility index (Phi) is 25.7. The molecule has 0 N–H and O–H groups in total. The van der Waals surface area contributed by atoms with Crippen LogP contribution in [0.3, 0.4) is 0 Å². The van der Waals surface area contributed by atoms with Gasteiger partial charge in [0.05, 0.1) is 6.10 Å². The van der Waals surface area contributed by atoms with Crippen LogP contribution in [0.2, 0.25) is 0 Å². The zero-order chi connectivity index (χ0) is 43.1. The molecule has 4 saturated heterocycles. The van der Waals surface area contributed by atoms with Crippen LogP contribution >= 0.6 is 0 Å². The first-order valence-corrected chi connectivity index (χ1v) is 22.2. The Balaban J connectivity index is 0.000000380. The molecule has 4 aliphatic rings. The number of piperidine rings is 3. The molecule has 0 aromatic heterocycles. The number of hydrogen-bond donors (Lipinski definition) is 0. The third-order valence-corrected chi connectivity index (χ3v) is 11.5. The summed E-state index contributed by atoms with van der Waals surface area (Å²) in [5, 5.41) is 0. The number of likely N-dealkylation sites (tertiary alicyclic amines) is 4.